The number of phosphoric acid groups is 1. The highest BCUT2D eigenvalue weighted by Gasteiger charge is 2.35. The molecule has 1 radical (unpaired) electrons. The number of carbonyl (C=O) groups excluding carboxylic acids is 4. The van der Waals surface area contributed by atoms with E-state index >= 15 is 0 Å². The topological polar surface area (TPSA) is 154 Å². The lowest BCUT2D eigenvalue weighted by Crippen LogP contribution is -2.33. The minimum absolute atomic E-state index is 0.0152. The normalized spacial score (nSPS) is 17.6. The number of imide groups is 1. The fourth-order valence-electron chi connectivity index (χ4n) is 7.88. The van der Waals surface area contributed by atoms with Crippen LogP contribution >= 0.6 is 31.0 Å². The Morgan fingerprint density at radius 2 is 1.39 bits per heavy atom. The number of ether oxygens (including phenoxy) is 1. The van der Waals surface area contributed by atoms with Crippen molar-refractivity contribution in [2.45, 2.75) is 11.8 Å². The van der Waals surface area contributed by atoms with Crippen molar-refractivity contribution >= 4 is 99.7 Å². The van der Waals surface area contributed by atoms with Gasteiger partial charge in [0.15, 0.2) is 0 Å². The molecule has 0 spiro atoms. The standard InChI is InChI=1S/C44H35Cl2N3O9P/c45-23-30-25-48(35-14-12-28-5-1-2-6-32(28)43(30)35)42(53)16-13-29-11-9-27(21-37(29)57-20-19-47-39(50)17-18-40(47)51)10-15-41(52)49-26-31(24-46)44-34-8-4-3-7-33(34)38(22-36(44)49)58-59(54,55)56/h1-11,13-18,21-22,30-31H,19-20,23-26H2,(H2,54,55,56)/t30-,31-/m1/s1. The first-order valence-corrected chi connectivity index (χ1v) is 21.2. The second kappa shape index (κ2) is 16.5. The van der Waals surface area contributed by atoms with E-state index < -0.39 is 25.5 Å². The van der Waals surface area contributed by atoms with Gasteiger partial charge in [-0.25, -0.2) is 4.57 Å². The van der Waals surface area contributed by atoms with Crippen LogP contribution in [0.3, 0.4) is 0 Å². The number of alkyl halides is 2. The van der Waals surface area contributed by atoms with E-state index in [9.17, 15) is 33.5 Å². The summed E-state index contributed by atoms with van der Waals surface area (Å²) in [5.74, 6) is -1.12. The van der Waals surface area contributed by atoms with Gasteiger partial charge in [0, 0.05) is 83.7 Å². The Morgan fingerprint density at radius 1 is 0.780 bits per heavy atom. The number of carbonyl (C=O) groups is 4. The molecule has 0 saturated carbocycles. The van der Waals surface area contributed by atoms with E-state index in [1.54, 1.807) is 59.5 Å². The Labute approximate surface area is 348 Å². The Bertz CT molecular complexity index is 2680. The molecule has 3 heterocycles. The first-order chi connectivity index (χ1) is 28.4. The lowest BCUT2D eigenvalue weighted by molar-refractivity contribution is -0.137. The fraction of sp³-hybridized carbons (Fsp3) is 0.182. The molecule has 59 heavy (non-hydrogen) atoms. The zero-order valence-electron chi connectivity index (χ0n) is 31.2. The lowest BCUT2D eigenvalue weighted by Gasteiger charge is -2.18. The summed E-state index contributed by atoms with van der Waals surface area (Å²) in [4.78, 5) is 75.5. The number of phosphoric ester groups is 1. The highest BCUT2D eigenvalue weighted by molar-refractivity contribution is 7.46. The van der Waals surface area contributed by atoms with Crippen molar-refractivity contribution in [3.63, 3.8) is 0 Å². The largest absolute Gasteiger partial charge is 0.524 e. The number of anilines is 2. The molecular weight excluding hydrogens is 816 g/mol. The average molecular weight is 852 g/mol. The highest BCUT2D eigenvalue weighted by Crippen LogP contribution is 2.49. The van der Waals surface area contributed by atoms with Gasteiger partial charge in [-0.2, -0.15) is 0 Å². The van der Waals surface area contributed by atoms with Gasteiger partial charge in [-0.1, -0.05) is 60.7 Å². The number of hydrogen-bond acceptors (Lipinski definition) is 7. The molecule has 4 amide bonds. The second-order valence-electron chi connectivity index (χ2n) is 14.1. The molecule has 0 bridgehead atoms. The van der Waals surface area contributed by atoms with E-state index in [0.29, 0.717) is 45.8 Å². The predicted molar refractivity (Wildman–Crippen MR) is 227 cm³/mol. The van der Waals surface area contributed by atoms with Crippen LogP contribution in [0.4, 0.5) is 11.4 Å². The van der Waals surface area contributed by atoms with E-state index in [2.05, 4.69) is 6.07 Å². The van der Waals surface area contributed by atoms with E-state index in [0.717, 1.165) is 32.5 Å². The van der Waals surface area contributed by atoms with Gasteiger partial charge in [0.2, 0.25) is 0 Å². The molecule has 3 aliphatic heterocycles. The van der Waals surface area contributed by atoms with Gasteiger partial charge >= 0.3 is 7.82 Å². The number of rotatable bonds is 12. The lowest BCUT2D eigenvalue weighted by atomic mass is 9.95. The maximum absolute atomic E-state index is 13.8. The van der Waals surface area contributed by atoms with Crippen LogP contribution in [0.2, 0.25) is 0 Å². The summed E-state index contributed by atoms with van der Waals surface area (Å²) in [5, 5.41) is 3.08. The minimum atomic E-state index is -4.93. The number of hydrogen-bond donors (Lipinski definition) is 2. The molecule has 299 valence electrons. The molecule has 5 aromatic rings. The van der Waals surface area contributed by atoms with Crippen molar-refractivity contribution in [3.05, 3.63) is 131 Å². The summed E-state index contributed by atoms with van der Waals surface area (Å²) in [7, 11) is -4.93. The van der Waals surface area contributed by atoms with Crippen LogP contribution < -0.4 is 19.1 Å². The number of fused-ring (bicyclic) bond motifs is 6. The molecule has 12 nitrogen and oxygen atoms in total. The number of amides is 4. The van der Waals surface area contributed by atoms with Gasteiger partial charge in [-0.15, -0.1) is 23.2 Å². The van der Waals surface area contributed by atoms with Crippen LogP contribution in [0.25, 0.3) is 33.7 Å². The zero-order valence-corrected chi connectivity index (χ0v) is 33.6. The first-order valence-electron chi connectivity index (χ1n) is 18.6. The molecule has 5 aromatic carbocycles. The van der Waals surface area contributed by atoms with Crippen LogP contribution in [-0.4, -0.2) is 76.3 Å². The molecule has 0 aliphatic carbocycles. The summed E-state index contributed by atoms with van der Waals surface area (Å²) in [6.45, 7) is 0.565. The quantitative estimate of drug-likeness (QED) is 0.0569. The fourth-order valence-corrected chi connectivity index (χ4v) is 8.79. The SMILES string of the molecule is O=C1C=CC(=O)N1CCOc1cc(C=CC(=O)N2C[C@@H](CCl)c3c2cc(OP(=O)(O)O)c2ccccc32)ccc1C=CC(=O)N1C[C@@H](CCl)c2c1c[c]c1ccccc21. The summed E-state index contributed by atoms with van der Waals surface area (Å²) in [5.41, 5.74) is 4.03. The van der Waals surface area contributed by atoms with Gasteiger partial charge < -0.3 is 19.1 Å². The van der Waals surface area contributed by atoms with Crippen LogP contribution in [0.5, 0.6) is 11.5 Å². The van der Waals surface area contributed by atoms with Crippen molar-refractivity contribution in [3.8, 4) is 11.5 Å². The van der Waals surface area contributed by atoms with Gasteiger partial charge in [0.05, 0.1) is 12.2 Å². The smallest absolute Gasteiger partial charge is 0.491 e. The molecule has 2 N–H and O–H groups in total. The van der Waals surface area contributed by atoms with E-state index in [1.807, 2.05) is 30.3 Å². The zero-order chi connectivity index (χ0) is 41.4. The Morgan fingerprint density at radius 3 is 2.07 bits per heavy atom. The van der Waals surface area contributed by atoms with Gasteiger partial charge in [0.1, 0.15) is 18.1 Å². The maximum Gasteiger partial charge on any atom is 0.524 e. The summed E-state index contributed by atoms with van der Waals surface area (Å²) < 4.78 is 23.1. The monoisotopic (exact) mass is 850 g/mol. The van der Waals surface area contributed by atoms with Crippen LogP contribution in [-0.2, 0) is 23.7 Å². The number of benzene rings is 5. The van der Waals surface area contributed by atoms with E-state index in [1.165, 1.54) is 35.3 Å². The molecule has 0 unspecified atom stereocenters. The van der Waals surface area contributed by atoms with Crippen molar-refractivity contribution in [1.29, 1.82) is 0 Å². The molecule has 0 aromatic heterocycles. The number of nitrogens with zero attached hydrogens (tertiary/aromatic N) is 3. The molecule has 2 atom stereocenters. The predicted octanol–water partition coefficient (Wildman–Crippen LogP) is 7.33. The van der Waals surface area contributed by atoms with Gasteiger partial charge in [0.25, 0.3) is 23.6 Å². The maximum atomic E-state index is 13.8. The van der Waals surface area contributed by atoms with E-state index in [-0.39, 0.29) is 49.1 Å². The van der Waals surface area contributed by atoms with Crippen molar-refractivity contribution in [1.82, 2.24) is 4.90 Å². The van der Waals surface area contributed by atoms with Crippen molar-refractivity contribution in [2.24, 2.45) is 0 Å². The summed E-state index contributed by atoms with van der Waals surface area (Å²) in [6.07, 6.45) is 8.40. The Balaban J connectivity index is 1.07. The average Bonchev–Trinajstić information content (AvgIpc) is 3.91. The number of halogens is 2. The van der Waals surface area contributed by atoms with Gasteiger partial charge in [-0.05, 0) is 63.2 Å². The molecule has 0 saturated heterocycles. The third kappa shape index (κ3) is 8.02. The summed E-state index contributed by atoms with van der Waals surface area (Å²) >= 11 is 12.8. The van der Waals surface area contributed by atoms with Crippen LogP contribution in [0, 0.1) is 6.07 Å². The van der Waals surface area contributed by atoms with Crippen LogP contribution in [0.15, 0.2) is 103 Å². The molecule has 8 rings (SSSR count). The first kappa shape index (κ1) is 40.0. The van der Waals surface area contributed by atoms with Crippen LogP contribution in [0.1, 0.15) is 34.1 Å². The summed E-state index contributed by atoms with van der Waals surface area (Å²) in [6, 6.07) is 26.5. The Hall–Kier alpha value is -5.75. The van der Waals surface area contributed by atoms with E-state index in [4.69, 9.17) is 32.5 Å². The molecule has 0 fully saturated rings. The molecular formula is C44H35Cl2N3O9P. The highest BCUT2D eigenvalue weighted by atomic mass is 35.5. The molecule has 15 heteroatoms. The minimum Gasteiger partial charge on any atom is -0.491 e. The van der Waals surface area contributed by atoms with Crippen molar-refractivity contribution in [2.75, 3.05) is 47.8 Å². The third-order valence-corrected chi connectivity index (χ3v) is 11.7. The molecule has 3 aliphatic rings. The van der Waals surface area contributed by atoms with Gasteiger partial charge in [-0.3, -0.25) is 33.9 Å². The Kier molecular flexibility index (Phi) is 11.2. The van der Waals surface area contributed by atoms with Crippen molar-refractivity contribution < 1.29 is 42.8 Å². The second-order valence-corrected chi connectivity index (χ2v) is 15.9. The third-order valence-electron chi connectivity index (χ3n) is 10.5.